The molecule has 4 rings (SSSR count). The Bertz CT molecular complexity index is 605. The first kappa shape index (κ1) is 19.2. The van der Waals surface area contributed by atoms with Crippen LogP contribution in [-0.2, 0) is 10.2 Å². The Balaban J connectivity index is 0.00000182. The van der Waals surface area contributed by atoms with Crippen LogP contribution < -0.4 is 5.32 Å². The van der Waals surface area contributed by atoms with Crippen molar-refractivity contribution in [2.45, 2.75) is 62.4 Å². The van der Waals surface area contributed by atoms with Gasteiger partial charge >= 0.3 is 0 Å². The van der Waals surface area contributed by atoms with Crippen molar-refractivity contribution < 1.29 is 4.79 Å². The van der Waals surface area contributed by atoms with Gasteiger partial charge < -0.3 is 10.2 Å². The molecule has 1 aliphatic carbocycles. The fourth-order valence-electron chi connectivity index (χ4n) is 4.78. The molecule has 5 heteroatoms. The highest BCUT2D eigenvalue weighted by Gasteiger charge is 2.45. The molecule has 1 N–H and O–H groups in total. The third-order valence-electron chi connectivity index (χ3n) is 6.31. The van der Waals surface area contributed by atoms with Gasteiger partial charge in [0.1, 0.15) is 0 Å². The Hall–Kier alpha value is -0.580. The minimum absolute atomic E-state index is 0. The predicted octanol–water partition coefficient (Wildman–Crippen LogP) is 4.28. The second kappa shape index (κ2) is 7.58. The van der Waals surface area contributed by atoms with Crippen molar-refractivity contribution in [1.29, 1.82) is 0 Å². The standard InChI is InChI=1S/C20H27BrN2O.ClH/c1-23(13-20(8-9-20)15-2-4-16(21)5-3-15)19(24)12-14-10-17-6-7-18(11-14)22-17;/h2-5,14,17-18,22H,6-13H2,1H3;1H. The lowest BCUT2D eigenvalue weighted by Crippen LogP contribution is -2.41. The minimum atomic E-state index is 0. The lowest BCUT2D eigenvalue weighted by Gasteiger charge is -2.31. The summed E-state index contributed by atoms with van der Waals surface area (Å²) in [5.41, 5.74) is 1.59. The zero-order valence-electron chi connectivity index (χ0n) is 14.8. The number of likely N-dealkylation sites (N-methyl/N-ethyl adjacent to an activating group) is 1. The van der Waals surface area contributed by atoms with Gasteiger partial charge in [0.05, 0.1) is 0 Å². The molecule has 3 aliphatic rings. The van der Waals surface area contributed by atoms with Crippen LogP contribution in [0.3, 0.4) is 0 Å². The van der Waals surface area contributed by atoms with Gasteiger partial charge in [0.25, 0.3) is 0 Å². The molecule has 2 unspecified atom stereocenters. The van der Waals surface area contributed by atoms with E-state index >= 15 is 0 Å². The zero-order valence-corrected chi connectivity index (χ0v) is 17.2. The Kier molecular flexibility index (Phi) is 5.81. The van der Waals surface area contributed by atoms with E-state index < -0.39 is 0 Å². The van der Waals surface area contributed by atoms with Crippen LogP contribution in [0, 0.1) is 5.92 Å². The summed E-state index contributed by atoms with van der Waals surface area (Å²) in [5.74, 6) is 0.922. The summed E-state index contributed by atoms with van der Waals surface area (Å²) in [6.45, 7) is 0.866. The molecule has 2 aliphatic heterocycles. The number of hydrogen-bond donors (Lipinski definition) is 1. The number of piperidine rings is 1. The molecule has 138 valence electrons. The molecule has 2 atom stereocenters. The highest BCUT2D eigenvalue weighted by molar-refractivity contribution is 9.10. The average Bonchev–Trinajstić information content (AvgIpc) is 3.26. The second-order valence-corrected chi connectivity index (χ2v) is 9.13. The molecule has 1 aromatic carbocycles. The van der Waals surface area contributed by atoms with E-state index in [1.807, 2.05) is 11.9 Å². The quantitative estimate of drug-likeness (QED) is 0.760. The molecule has 0 radical (unpaired) electrons. The van der Waals surface area contributed by atoms with Crippen LogP contribution in [0.1, 0.15) is 50.5 Å². The van der Waals surface area contributed by atoms with Gasteiger partial charge in [0.15, 0.2) is 0 Å². The Labute approximate surface area is 165 Å². The van der Waals surface area contributed by atoms with Crippen molar-refractivity contribution in [2.75, 3.05) is 13.6 Å². The van der Waals surface area contributed by atoms with Gasteiger partial charge in [-0.3, -0.25) is 4.79 Å². The fraction of sp³-hybridized carbons (Fsp3) is 0.650. The van der Waals surface area contributed by atoms with Crippen LogP contribution >= 0.6 is 28.3 Å². The van der Waals surface area contributed by atoms with Crippen LogP contribution in [0.4, 0.5) is 0 Å². The summed E-state index contributed by atoms with van der Waals surface area (Å²) in [6.07, 6.45) is 8.12. The number of benzene rings is 1. The van der Waals surface area contributed by atoms with Crippen LogP contribution in [0.2, 0.25) is 0 Å². The SMILES string of the molecule is CN(CC1(c2ccc(Br)cc2)CC1)C(=O)CC1CC2CCC(C1)N2.Cl. The van der Waals surface area contributed by atoms with E-state index in [1.54, 1.807) is 0 Å². The van der Waals surface area contributed by atoms with E-state index in [0.29, 0.717) is 23.9 Å². The van der Waals surface area contributed by atoms with Gasteiger partial charge in [0, 0.05) is 42.0 Å². The lowest BCUT2D eigenvalue weighted by atomic mass is 9.89. The molecular weight excluding hydrogens is 400 g/mol. The van der Waals surface area contributed by atoms with E-state index in [1.165, 1.54) is 44.1 Å². The number of carbonyl (C=O) groups is 1. The van der Waals surface area contributed by atoms with E-state index in [9.17, 15) is 4.79 Å². The van der Waals surface area contributed by atoms with Crippen molar-refractivity contribution in [2.24, 2.45) is 5.92 Å². The minimum Gasteiger partial charge on any atom is -0.345 e. The van der Waals surface area contributed by atoms with Crippen molar-refractivity contribution in [1.82, 2.24) is 10.2 Å². The van der Waals surface area contributed by atoms with Gasteiger partial charge in [-0.1, -0.05) is 28.1 Å². The number of rotatable bonds is 5. The lowest BCUT2D eigenvalue weighted by molar-refractivity contribution is -0.131. The molecule has 2 heterocycles. The van der Waals surface area contributed by atoms with Crippen LogP contribution in [0.15, 0.2) is 28.7 Å². The first-order valence-electron chi connectivity index (χ1n) is 9.30. The maximum absolute atomic E-state index is 12.7. The van der Waals surface area contributed by atoms with E-state index in [4.69, 9.17) is 0 Å². The Morgan fingerprint density at radius 3 is 2.36 bits per heavy atom. The zero-order chi connectivity index (χ0) is 16.7. The third-order valence-corrected chi connectivity index (χ3v) is 6.84. The Morgan fingerprint density at radius 1 is 1.20 bits per heavy atom. The topological polar surface area (TPSA) is 32.3 Å². The van der Waals surface area contributed by atoms with Gasteiger partial charge in [-0.2, -0.15) is 0 Å². The van der Waals surface area contributed by atoms with E-state index in [-0.39, 0.29) is 17.8 Å². The smallest absolute Gasteiger partial charge is 0.222 e. The molecule has 3 nitrogen and oxygen atoms in total. The molecule has 2 bridgehead atoms. The highest BCUT2D eigenvalue weighted by atomic mass is 79.9. The van der Waals surface area contributed by atoms with E-state index in [0.717, 1.165) is 17.4 Å². The molecule has 3 fully saturated rings. The normalized spacial score (nSPS) is 29.0. The van der Waals surface area contributed by atoms with Crippen molar-refractivity contribution in [3.8, 4) is 0 Å². The first-order valence-corrected chi connectivity index (χ1v) is 10.1. The van der Waals surface area contributed by atoms with Gasteiger partial charge in [0.2, 0.25) is 5.91 Å². The number of fused-ring (bicyclic) bond motifs is 2. The Morgan fingerprint density at radius 2 is 1.80 bits per heavy atom. The fourth-order valence-corrected chi connectivity index (χ4v) is 5.04. The summed E-state index contributed by atoms with van der Waals surface area (Å²) < 4.78 is 1.12. The first-order chi connectivity index (χ1) is 11.5. The largest absolute Gasteiger partial charge is 0.345 e. The second-order valence-electron chi connectivity index (χ2n) is 8.22. The van der Waals surface area contributed by atoms with Gasteiger partial charge in [-0.25, -0.2) is 0 Å². The summed E-state index contributed by atoms with van der Waals surface area (Å²) in [7, 11) is 2.00. The van der Waals surface area contributed by atoms with Crippen molar-refractivity contribution >= 4 is 34.2 Å². The van der Waals surface area contributed by atoms with Crippen LogP contribution in [0.5, 0.6) is 0 Å². The highest BCUT2D eigenvalue weighted by Crippen LogP contribution is 2.49. The number of halogens is 2. The number of nitrogens with one attached hydrogen (secondary N) is 1. The average molecular weight is 428 g/mol. The van der Waals surface area contributed by atoms with Crippen LogP contribution in [-0.4, -0.2) is 36.5 Å². The summed E-state index contributed by atoms with van der Waals surface area (Å²) in [5, 5.41) is 3.67. The van der Waals surface area contributed by atoms with Crippen molar-refractivity contribution in [3.63, 3.8) is 0 Å². The summed E-state index contributed by atoms with van der Waals surface area (Å²) in [6, 6.07) is 9.98. The predicted molar refractivity (Wildman–Crippen MR) is 107 cm³/mol. The molecule has 1 saturated carbocycles. The van der Waals surface area contributed by atoms with Crippen LogP contribution in [0.25, 0.3) is 0 Å². The van der Waals surface area contributed by atoms with Gasteiger partial charge in [-0.05, 0) is 62.1 Å². The molecule has 2 saturated heterocycles. The molecule has 0 spiro atoms. The summed E-state index contributed by atoms with van der Waals surface area (Å²) >= 11 is 3.51. The monoisotopic (exact) mass is 426 g/mol. The van der Waals surface area contributed by atoms with Crippen molar-refractivity contribution in [3.05, 3.63) is 34.3 Å². The maximum Gasteiger partial charge on any atom is 0.222 e. The molecule has 0 aromatic heterocycles. The third kappa shape index (κ3) is 4.23. The maximum atomic E-state index is 12.7. The summed E-state index contributed by atoms with van der Waals surface area (Å²) in [4.78, 5) is 14.7. The number of nitrogens with zero attached hydrogens (tertiary/aromatic N) is 1. The molecule has 1 aromatic rings. The van der Waals surface area contributed by atoms with Gasteiger partial charge in [-0.15, -0.1) is 12.4 Å². The number of amides is 1. The molecule has 25 heavy (non-hydrogen) atoms. The molecular formula is C20H28BrClN2O. The van der Waals surface area contributed by atoms with E-state index in [2.05, 4.69) is 45.5 Å². The number of carbonyl (C=O) groups excluding carboxylic acids is 1. The number of hydrogen-bond acceptors (Lipinski definition) is 2. The molecule has 1 amide bonds.